The highest BCUT2D eigenvalue weighted by atomic mass is 35.5. The molecule has 0 spiro atoms. The van der Waals surface area contributed by atoms with E-state index < -0.39 is 7.60 Å². The summed E-state index contributed by atoms with van der Waals surface area (Å²) in [5, 5.41) is 11.8. The number of aromatic amines is 1. The summed E-state index contributed by atoms with van der Waals surface area (Å²) in [6, 6.07) is 5.58. The van der Waals surface area contributed by atoms with Gasteiger partial charge in [-0.2, -0.15) is 5.10 Å². The summed E-state index contributed by atoms with van der Waals surface area (Å²) in [5.41, 5.74) is 2.45. The number of rotatable bonds is 10. The Balaban J connectivity index is 1.81. The van der Waals surface area contributed by atoms with Crippen LogP contribution < -0.4 is 5.32 Å². The van der Waals surface area contributed by atoms with Crippen LogP contribution in [0, 0.1) is 0 Å². The molecule has 3 aromatic rings. The Hall–Kier alpha value is -1.63. The molecule has 7 nitrogen and oxygen atoms in total. The molecule has 0 unspecified atom stereocenters. The van der Waals surface area contributed by atoms with Crippen molar-refractivity contribution in [3.05, 3.63) is 40.6 Å². The quantitative estimate of drug-likeness (QED) is 0.287. The number of nitrogens with zero attached hydrogens (tertiary/aromatic N) is 2. The van der Waals surface area contributed by atoms with Crippen LogP contribution in [0.1, 0.15) is 20.3 Å². The van der Waals surface area contributed by atoms with Crippen molar-refractivity contribution in [2.75, 3.05) is 31.2 Å². The lowest BCUT2D eigenvalue weighted by atomic mass is 10.0. The normalized spacial score (nSPS) is 11.9. The Labute approximate surface area is 179 Å². The van der Waals surface area contributed by atoms with E-state index in [9.17, 15) is 4.57 Å². The molecular formula is C19H23Cl2N4O3P. The molecule has 2 N–H and O–H groups in total. The van der Waals surface area contributed by atoms with Gasteiger partial charge in [-0.1, -0.05) is 29.3 Å². The van der Waals surface area contributed by atoms with E-state index in [1.165, 1.54) is 0 Å². The van der Waals surface area contributed by atoms with Crippen molar-refractivity contribution in [1.29, 1.82) is 0 Å². The van der Waals surface area contributed by atoms with E-state index in [1.807, 2.05) is 18.3 Å². The van der Waals surface area contributed by atoms with Gasteiger partial charge >= 0.3 is 7.60 Å². The summed E-state index contributed by atoms with van der Waals surface area (Å²) in [6.07, 6.45) is 4.47. The molecule has 0 saturated carbocycles. The number of benzene rings is 1. The fourth-order valence-electron chi connectivity index (χ4n) is 3.01. The maximum Gasteiger partial charge on any atom is 0.330 e. The molecule has 2 aromatic heterocycles. The van der Waals surface area contributed by atoms with Gasteiger partial charge in [0, 0.05) is 23.7 Å². The number of hydrogen-bond donors (Lipinski definition) is 2. The average molecular weight is 457 g/mol. The van der Waals surface area contributed by atoms with Crippen molar-refractivity contribution in [1.82, 2.24) is 15.2 Å². The summed E-state index contributed by atoms with van der Waals surface area (Å²) in [5.74, 6) is 0.639. The molecule has 2 heterocycles. The number of pyridine rings is 1. The molecule has 0 bridgehead atoms. The van der Waals surface area contributed by atoms with E-state index in [0.717, 1.165) is 16.5 Å². The third-order valence-electron chi connectivity index (χ3n) is 4.25. The first-order chi connectivity index (χ1) is 14.0. The van der Waals surface area contributed by atoms with Crippen LogP contribution in [0.2, 0.25) is 10.0 Å². The number of halogens is 2. The predicted molar refractivity (Wildman–Crippen MR) is 118 cm³/mol. The standard InChI is InChI=1S/C19H23Cl2N4O3P/c1-3-27-29(26,28-4-2)9-5-8-22-17-10-15(13-11-23-24-12-13)14-6-7-16(20)18(21)19(14)25-17/h6-7,10-12H,3-5,8-9H2,1-2H3,(H,22,25)(H,23,24). The zero-order valence-electron chi connectivity index (χ0n) is 16.2. The molecule has 0 atom stereocenters. The van der Waals surface area contributed by atoms with E-state index >= 15 is 0 Å². The Morgan fingerprint density at radius 1 is 1.21 bits per heavy atom. The highest BCUT2D eigenvalue weighted by molar-refractivity contribution is 7.53. The van der Waals surface area contributed by atoms with Gasteiger partial charge in [-0.25, -0.2) is 4.98 Å². The molecule has 156 valence electrons. The molecule has 1 aromatic carbocycles. The molecule has 0 fully saturated rings. The first-order valence-electron chi connectivity index (χ1n) is 9.37. The van der Waals surface area contributed by atoms with Crippen LogP contribution in [0.4, 0.5) is 5.82 Å². The van der Waals surface area contributed by atoms with Gasteiger partial charge in [0.05, 0.1) is 41.1 Å². The van der Waals surface area contributed by atoms with Crippen LogP contribution in [0.5, 0.6) is 0 Å². The van der Waals surface area contributed by atoms with Gasteiger partial charge in [0.25, 0.3) is 0 Å². The summed E-state index contributed by atoms with van der Waals surface area (Å²) in [4.78, 5) is 4.62. The molecule has 0 aliphatic heterocycles. The minimum Gasteiger partial charge on any atom is -0.370 e. The lowest BCUT2D eigenvalue weighted by Crippen LogP contribution is -2.08. The van der Waals surface area contributed by atoms with E-state index in [1.54, 1.807) is 26.1 Å². The van der Waals surface area contributed by atoms with Gasteiger partial charge in [0.1, 0.15) is 5.82 Å². The zero-order chi connectivity index (χ0) is 20.9. The zero-order valence-corrected chi connectivity index (χ0v) is 18.7. The minimum atomic E-state index is -3.05. The fourth-order valence-corrected chi connectivity index (χ4v) is 5.03. The van der Waals surface area contributed by atoms with Gasteiger partial charge in [0.15, 0.2) is 0 Å². The van der Waals surface area contributed by atoms with Gasteiger partial charge in [-0.15, -0.1) is 0 Å². The van der Waals surface area contributed by atoms with Crippen LogP contribution >= 0.6 is 30.8 Å². The second kappa shape index (κ2) is 9.92. The van der Waals surface area contributed by atoms with Crippen LogP contribution in [-0.4, -0.2) is 41.1 Å². The van der Waals surface area contributed by atoms with Crippen molar-refractivity contribution in [3.8, 4) is 11.1 Å². The van der Waals surface area contributed by atoms with Crippen molar-refractivity contribution < 1.29 is 13.6 Å². The maximum atomic E-state index is 12.6. The molecule has 0 saturated heterocycles. The fraction of sp³-hybridized carbons (Fsp3) is 0.368. The van der Waals surface area contributed by atoms with Gasteiger partial charge in [-0.3, -0.25) is 9.66 Å². The SMILES string of the molecule is CCOP(=O)(CCCNc1cc(-c2cn[nH]c2)c2ccc(Cl)c(Cl)c2n1)OCC. The maximum absolute atomic E-state index is 12.6. The van der Waals surface area contributed by atoms with E-state index in [2.05, 4.69) is 20.5 Å². The molecule has 0 aliphatic carbocycles. The molecule has 29 heavy (non-hydrogen) atoms. The van der Waals surface area contributed by atoms with Crippen molar-refractivity contribution in [2.24, 2.45) is 0 Å². The number of hydrogen-bond acceptors (Lipinski definition) is 6. The summed E-state index contributed by atoms with van der Waals surface area (Å²) in [6.45, 7) is 4.85. The minimum absolute atomic E-state index is 0.330. The molecule has 3 rings (SSSR count). The predicted octanol–water partition coefficient (Wildman–Crippen LogP) is 6.00. The average Bonchev–Trinajstić information content (AvgIpc) is 3.23. The van der Waals surface area contributed by atoms with Crippen LogP contribution in [0.25, 0.3) is 22.0 Å². The Morgan fingerprint density at radius 3 is 2.62 bits per heavy atom. The highest BCUT2D eigenvalue weighted by Gasteiger charge is 2.22. The Bertz CT molecular complexity index is 1000. The first-order valence-corrected chi connectivity index (χ1v) is 11.9. The van der Waals surface area contributed by atoms with Crippen LogP contribution in [0.3, 0.4) is 0 Å². The highest BCUT2D eigenvalue weighted by Crippen LogP contribution is 2.48. The number of fused-ring (bicyclic) bond motifs is 1. The van der Waals surface area contributed by atoms with Crippen molar-refractivity contribution >= 4 is 47.5 Å². The van der Waals surface area contributed by atoms with Gasteiger partial charge in [-0.05, 0) is 38.0 Å². The second-order valence-corrected chi connectivity index (χ2v) is 9.22. The summed E-state index contributed by atoms with van der Waals surface area (Å²) in [7, 11) is -3.05. The summed E-state index contributed by atoms with van der Waals surface area (Å²) >= 11 is 12.6. The van der Waals surface area contributed by atoms with Gasteiger partial charge in [0.2, 0.25) is 0 Å². The molecule has 0 radical (unpaired) electrons. The number of aromatic nitrogens is 3. The Morgan fingerprint density at radius 2 is 1.97 bits per heavy atom. The first kappa shape index (κ1) is 22.1. The molecule has 10 heteroatoms. The van der Waals surface area contributed by atoms with Crippen LogP contribution in [-0.2, 0) is 13.6 Å². The van der Waals surface area contributed by atoms with Gasteiger partial charge < -0.3 is 14.4 Å². The number of H-pyrrole nitrogens is 1. The van der Waals surface area contributed by atoms with E-state index in [4.69, 9.17) is 32.2 Å². The molecule has 0 aliphatic rings. The van der Waals surface area contributed by atoms with E-state index in [-0.39, 0.29) is 0 Å². The lowest BCUT2D eigenvalue weighted by Gasteiger charge is -2.17. The van der Waals surface area contributed by atoms with Crippen molar-refractivity contribution in [2.45, 2.75) is 20.3 Å². The number of anilines is 1. The third kappa shape index (κ3) is 5.30. The topological polar surface area (TPSA) is 89.1 Å². The summed E-state index contributed by atoms with van der Waals surface area (Å²) < 4.78 is 23.2. The van der Waals surface area contributed by atoms with Crippen LogP contribution in [0.15, 0.2) is 30.6 Å². The van der Waals surface area contributed by atoms with E-state index in [0.29, 0.717) is 53.7 Å². The number of nitrogens with one attached hydrogen (secondary N) is 2. The third-order valence-corrected chi connectivity index (χ3v) is 7.21. The molecule has 0 amide bonds. The second-order valence-electron chi connectivity index (χ2n) is 6.25. The lowest BCUT2D eigenvalue weighted by molar-refractivity contribution is 0.220. The monoisotopic (exact) mass is 456 g/mol. The van der Waals surface area contributed by atoms with Crippen molar-refractivity contribution in [3.63, 3.8) is 0 Å². The molecular weight excluding hydrogens is 434 g/mol. The largest absolute Gasteiger partial charge is 0.370 e. The smallest absolute Gasteiger partial charge is 0.330 e. The Kier molecular flexibility index (Phi) is 7.55.